The van der Waals surface area contributed by atoms with Crippen LogP contribution in [0.5, 0.6) is 0 Å². The molecule has 0 radical (unpaired) electrons. The van der Waals surface area contributed by atoms with Crippen LogP contribution in [-0.4, -0.2) is 42.4 Å². The lowest BCUT2D eigenvalue weighted by atomic mass is 9.92. The van der Waals surface area contributed by atoms with Gasteiger partial charge in [0.2, 0.25) is 0 Å². The van der Waals surface area contributed by atoms with Gasteiger partial charge in [-0.1, -0.05) is 12.1 Å². The molecule has 1 aliphatic rings. The van der Waals surface area contributed by atoms with Crippen LogP contribution in [0.1, 0.15) is 38.3 Å². The highest BCUT2D eigenvalue weighted by Crippen LogP contribution is 2.41. The number of rotatable bonds is 4. The molecular formula is C18H21F6NO3. The first-order valence-corrected chi connectivity index (χ1v) is 8.47. The molecule has 1 fully saturated rings. The van der Waals surface area contributed by atoms with Crippen LogP contribution in [0.4, 0.5) is 31.1 Å². The predicted molar refractivity (Wildman–Crippen MR) is 87.5 cm³/mol. The third-order valence-corrected chi connectivity index (χ3v) is 4.19. The maximum absolute atomic E-state index is 15.5. The highest BCUT2D eigenvalue weighted by molar-refractivity contribution is 5.69. The van der Waals surface area contributed by atoms with E-state index in [-0.39, 0.29) is 5.56 Å². The monoisotopic (exact) mass is 413 g/mol. The van der Waals surface area contributed by atoms with Gasteiger partial charge in [0.25, 0.3) is 0 Å². The molecule has 1 saturated heterocycles. The second-order valence-electron chi connectivity index (χ2n) is 7.60. The Bertz CT molecular complexity index is 686. The van der Waals surface area contributed by atoms with Crippen LogP contribution in [0.2, 0.25) is 0 Å². The largest absolute Gasteiger partial charge is 0.444 e. The zero-order valence-electron chi connectivity index (χ0n) is 15.5. The van der Waals surface area contributed by atoms with E-state index in [1.54, 1.807) is 20.8 Å². The first-order valence-electron chi connectivity index (χ1n) is 8.47. The van der Waals surface area contributed by atoms with E-state index in [2.05, 4.69) is 4.74 Å². The number of ether oxygens (including phenoxy) is 2. The fourth-order valence-electron chi connectivity index (χ4n) is 2.98. The number of benzene rings is 1. The van der Waals surface area contributed by atoms with Crippen LogP contribution < -0.4 is 0 Å². The molecule has 28 heavy (non-hydrogen) atoms. The lowest BCUT2D eigenvalue weighted by Gasteiger charge is -2.28. The van der Waals surface area contributed by atoms with Crippen LogP contribution in [-0.2, 0) is 21.3 Å². The average Bonchev–Trinajstić information content (AvgIpc) is 2.89. The molecule has 2 atom stereocenters. The minimum atomic E-state index is -4.58. The Morgan fingerprint density at radius 3 is 2.25 bits per heavy atom. The fraction of sp³-hybridized carbons (Fsp3) is 0.611. The van der Waals surface area contributed by atoms with Crippen LogP contribution in [0.15, 0.2) is 24.3 Å². The van der Waals surface area contributed by atoms with Crippen molar-refractivity contribution in [1.29, 1.82) is 0 Å². The third kappa shape index (κ3) is 5.52. The summed E-state index contributed by atoms with van der Waals surface area (Å²) < 4.78 is 87.8. The van der Waals surface area contributed by atoms with E-state index in [0.717, 1.165) is 29.2 Å². The van der Waals surface area contributed by atoms with Crippen molar-refractivity contribution in [2.75, 3.05) is 13.2 Å². The molecule has 158 valence electrons. The number of nitrogens with zero attached hydrogens (tertiary/aromatic N) is 1. The van der Waals surface area contributed by atoms with Gasteiger partial charge in [-0.05, 0) is 38.5 Å². The summed E-state index contributed by atoms with van der Waals surface area (Å²) in [5.74, 6) is 0. The molecule has 4 nitrogen and oxygen atoms in total. The van der Waals surface area contributed by atoms with Gasteiger partial charge in [-0.25, -0.2) is 9.18 Å². The molecule has 1 heterocycles. The molecule has 1 amide bonds. The summed E-state index contributed by atoms with van der Waals surface area (Å²) in [4.78, 5) is 13.3. The molecule has 2 rings (SSSR count). The molecule has 1 aromatic rings. The number of hydrogen-bond donors (Lipinski definition) is 0. The van der Waals surface area contributed by atoms with Gasteiger partial charge in [-0.2, -0.15) is 22.0 Å². The zero-order chi connectivity index (χ0) is 21.3. The molecule has 1 aliphatic heterocycles. The quantitative estimate of drug-likeness (QED) is 0.644. The smallest absolute Gasteiger partial charge is 0.416 e. The maximum Gasteiger partial charge on any atom is 0.416 e. The second-order valence-corrected chi connectivity index (χ2v) is 7.60. The minimum absolute atomic E-state index is 0.0893. The summed E-state index contributed by atoms with van der Waals surface area (Å²) in [6.45, 7) is 0.466. The second kappa shape index (κ2) is 7.81. The van der Waals surface area contributed by atoms with Crippen molar-refractivity contribution in [3.8, 4) is 0 Å². The number of hydrogen-bond acceptors (Lipinski definition) is 3. The number of carbonyl (C=O) groups is 1. The standard InChI is InChI=1S/C18H21F6NO3/c1-16(2,3)28-15(26)25-10-17(21,8-13(25)9-27-14(19)20)11-4-6-12(7-5-11)18(22,23)24/h4-7,13-14H,8-10H2,1-3H3. The Hall–Kier alpha value is -1.97. The molecular weight excluding hydrogens is 392 g/mol. The number of likely N-dealkylation sites (tertiary alicyclic amines) is 1. The Kier molecular flexibility index (Phi) is 6.22. The van der Waals surface area contributed by atoms with Gasteiger partial charge in [0, 0.05) is 6.42 Å². The lowest BCUT2D eigenvalue weighted by Crippen LogP contribution is -2.42. The first-order chi connectivity index (χ1) is 12.7. The van der Waals surface area contributed by atoms with Crippen molar-refractivity contribution in [1.82, 2.24) is 4.90 Å². The van der Waals surface area contributed by atoms with E-state index >= 15 is 4.39 Å². The highest BCUT2D eigenvalue weighted by Gasteiger charge is 2.49. The van der Waals surface area contributed by atoms with Crippen molar-refractivity contribution in [2.45, 2.75) is 57.3 Å². The SMILES string of the molecule is CC(C)(C)OC(=O)N1CC(F)(c2ccc(C(F)(F)F)cc2)CC1COC(F)F. The van der Waals surface area contributed by atoms with Crippen molar-refractivity contribution in [3.63, 3.8) is 0 Å². The molecule has 1 aromatic carbocycles. The molecule has 0 spiro atoms. The molecule has 10 heteroatoms. The van der Waals surface area contributed by atoms with Gasteiger partial charge in [0.15, 0.2) is 5.67 Å². The molecule has 0 aliphatic carbocycles. The van der Waals surface area contributed by atoms with Crippen molar-refractivity contribution in [2.24, 2.45) is 0 Å². The van der Waals surface area contributed by atoms with Crippen molar-refractivity contribution < 1.29 is 40.6 Å². The summed E-state index contributed by atoms with van der Waals surface area (Å²) in [5.41, 5.74) is -4.16. The Balaban J connectivity index is 2.26. The minimum Gasteiger partial charge on any atom is -0.444 e. The van der Waals surface area contributed by atoms with Crippen LogP contribution in [0, 0.1) is 0 Å². The molecule has 0 aromatic heterocycles. The van der Waals surface area contributed by atoms with Crippen LogP contribution in [0.25, 0.3) is 0 Å². The number of amides is 1. The normalized spacial score (nSPS) is 23.4. The fourth-order valence-corrected chi connectivity index (χ4v) is 2.98. The van der Waals surface area contributed by atoms with Gasteiger partial charge < -0.3 is 9.47 Å². The average molecular weight is 413 g/mol. The Morgan fingerprint density at radius 1 is 1.21 bits per heavy atom. The van der Waals surface area contributed by atoms with Gasteiger partial charge in [0.1, 0.15) is 5.60 Å². The summed E-state index contributed by atoms with van der Waals surface area (Å²) >= 11 is 0. The van der Waals surface area contributed by atoms with Crippen molar-refractivity contribution >= 4 is 6.09 Å². The molecule has 0 saturated carbocycles. The van der Waals surface area contributed by atoms with Crippen LogP contribution >= 0.6 is 0 Å². The number of carbonyl (C=O) groups excluding carboxylic acids is 1. The summed E-state index contributed by atoms with van der Waals surface area (Å²) in [7, 11) is 0. The summed E-state index contributed by atoms with van der Waals surface area (Å²) in [5, 5.41) is 0. The van der Waals surface area contributed by atoms with Gasteiger partial charge >= 0.3 is 18.9 Å². The summed E-state index contributed by atoms with van der Waals surface area (Å²) in [6.07, 6.45) is -5.90. The molecule has 0 bridgehead atoms. The van der Waals surface area contributed by atoms with E-state index in [0.29, 0.717) is 0 Å². The van der Waals surface area contributed by atoms with Gasteiger partial charge in [-0.3, -0.25) is 4.90 Å². The third-order valence-electron chi connectivity index (χ3n) is 4.19. The summed E-state index contributed by atoms with van der Waals surface area (Å²) in [6, 6.07) is 2.37. The van der Waals surface area contributed by atoms with Crippen LogP contribution in [0.3, 0.4) is 0 Å². The highest BCUT2D eigenvalue weighted by atomic mass is 19.4. The van der Waals surface area contributed by atoms with Gasteiger partial charge in [0.05, 0.1) is 24.8 Å². The number of alkyl halides is 6. The number of halogens is 6. The van der Waals surface area contributed by atoms with E-state index in [1.807, 2.05) is 0 Å². The Labute approximate surface area is 158 Å². The first kappa shape index (κ1) is 22.3. The van der Waals surface area contributed by atoms with Crippen molar-refractivity contribution in [3.05, 3.63) is 35.4 Å². The van der Waals surface area contributed by atoms with E-state index in [1.165, 1.54) is 0 Å². The van der Waals surface area contributed by atoms with E-state index in [9.17, 15) is 26.7 Å². The topological polar surface area (TPSA) is 38.8 Å². The molecule has 2 unspecified atom stereocenters. The molecule has 0 N–H and O–H groups in total. The zero-order valence-corrected chi connectivity index (χ0v) is 15.5. The predicted octanol–water partition coefficient (Wildman–Crippen LogP) is 5.12. The van der Waals surface area contributed by atoms with Gasteiger partial charge in [-0.15, -0.1) is 0 Å². The lowest BCUT2D eigenvalue weighted by molar-refractivity contribution is -0.138. The van der Waals surface area contributed by atoms with E-state index < -0.39 is 61.3 Å². The maximum atomic E-state index is 15.5. The Morgan fingerprint density at radius 2 is 1.79 bits per heavy atom. The van der Waals surface area contributed by atoms with E-state index in [4.69, 9.17) is 4.74 Å².